The third-order valence-electron chi connectivity index (χ3n) is 4.56. The zero-order chi connectivity index (χ0) is 17.5. The van der Waals surface area contributed by atoms with Gasteiger partial charge in [-0.1, -0.05) is 20.8 Å². The highest BCUT2D eigenvalue weighted by Crippen LogP contribution is 2.54. The molecule has 2 heterocycles. The Morgan fingerprint density at radius 1 is 1.58 bits per heavy atom. The normalized spacial score (nSPS) is 21.6. The van der Waals surface area contributed by atoms with Gasteiger partial charge in [0.2, 0.25) is 11.9 Å². The molecule has 3 rings (SSSR count). The average molecular weight is 331 g/mol. The molecular weight excluding hydrogens is 310 g/mol. The molecule has 0 radical (unpaired) electrons. The number of aliphatic hydroxyl groups is 1. The molecule has 1 atom stereocenters. The van der Waals surface area contributed by atoms with Crippen LogP contribution in [0.4, 0.5) is 5.95 Å². The van der Waals surface area contributed by atoms with E-state index in [1.54, 1.807) is 18.4 Å². The number of nitrogens with one attached hydrogen (secondary N) is 2. The molecule has 1 saturated carbocycles. The summed E-state index contributed by atoms with van der Waals surface area (Å²) in [6.45, 7) is 5.65. The van der Waals surface area contributed by atoms with Gasteiger partial charge in [-0.05, 0) is 18.4 Å². The fraction of sp³-hybridized carbons (Fsp3) is 0.500. The van der Waals surface area contributed by atoms with Crippen LogP contribution in [-0.2, 0) is 4.79 Å². The highest BCUT2D eigenvalue weighted by Gasteiger charge is 2.46. The molecule has 2 aromatic heterocycles. The van der Waals surface area contributed by atoms with Crippen molar-refractivity contribution in [2.45, 2.75) is 33.6 Å². The summed E-state index contributed by atoms with van der Waals surface area (Å²) in [4.78, 5) is 34.8. The zero-order valence-electron chi connectivity index (χ0n) is 14.0. The molecule has 0 aromatic carbocycles. The molecule has 1 aliphatic carbocycles. The van der Waals surface area contributed by atoms with E-state index in [9.17, 15) is 14.7 Å². The Morgan fingerprint density at radius 3 is 2.92 bits per heavy atom. The van der Waals surface area contributed by atoms with E-state index in [0.717, 1.165) is 18.4 Å². The molecule has 2 aromatic rings. The Morgan fingerprint density at radius 2 is 2.33 bits per heavy atom. The summed E-state index contributed by atoms with van der Waals surface area (Å²) in [5.74, 6) is -0.348. The lowest BCUT2D eigenvalue weighted by Crippen LogP contribution is -2.22. The molecule has 0 bridgehead atoms. The lowest BCUT2D eigenvalue weighted by molar-refractivity contribution is -0.118. The molecule has 24 heavy (non-hydrogen) atoms. The molecule has 0 aliphatic heterocycles. The second kappa shape index (κ2) is 5.86. The molecule has 8 nitrogen and oxygen atoms in total. The van der Waals surface area contributed by atoms with Gasteiger partial charge in [-0.15, -0.1) is 0 Å². The van der Waals surface area contributed by atoms with Crippen LogP contribution in [0.25, 0.3) is 17.4 Å². The van der Waals surface area contributed by atoms with E-state index in [1.165, 1.54) is 6.33 Å². The van der Waals surface area contributed by atoms with Crippen molar-refractivity contribution in [3.05, 3.63) is 22.3 Å². The van der Waals surface area contributed by atoms with Crippen LogP contribution in [0.5, 0.6) is 0 Å². The second-order valence-electron chi connectivity index (χ2n) is 6.51. The van der Waals surface area contributed by atoms with Gasteiger partial charge in [-0.3, -0.25) is 24.5 Å². The maximum Gasteiger partial charge on any atom is 0.280 e. The maximum atomic E-state index is 12.1. The van der Waals surface area contributed by atoms with E-state index >= 15 is 0 Å². The van der Waals surface area contributed by atoms with Gasteiger partial charge in [0.25, 0.3) is 5.56 Å². The minimum atomic E-state index is -0.407. The largest absolute Gasteiger partial charge is 0.395 e. The minimum absolute atomic E-state index is 0.103. The Hall–Kier alpha value is -2.48. The SMILES string of the molecule is CCC1(CO)C/C1=C/n1cnc2c(=O)[nH]c(NC(=O)C(C)C)nc21. The number of rotatable bonds is 5. The van der Waals surface area contributed by atoms with Crippen molar-refractivity contribution in [1.82, 2.24) is 19.5 Å². The van der Waals surface area contributed by atoms with Gasteiger partial charge in [-0.2, -0.15) is 4.98 Å². The number of anilines is 1. The summed E-state index contributed by atoms with van der Waals surface area (Å²) >= 11 is 0. The van der Waals surface area contributed by atoms with E-state index in [2.05, 4.69) is 20.3 Å². The quantitative estimate of drug-likeness (QED) is 0.765. The number of aromatic amines is 1. The molecule has 1 fully saturated rings. The molecular formula is C16H21N5O3. The van der Waals surface area contributed by atoms with Crippen molar-refractivity contribution < 1.29 is 9.90 Å². The third kappa shape index (κ3) is 2.73. The number of carbonyl (C=O) groups is 1. The third-order valence-corrected chi connectivity index (χ3v) is 4.56. The number of aromatic nitrogens is 4. The van der Waals surface area contributed by atoms with Crippen LogP contribution in [0.2, 0.25) is 0 Å². The first-order chi connectivity index (χ1) is 11.4. The average Bonchev–Trinajstić information content (AvgIpc) is 3.10. The molecule has 128 valence electrons. The van der Waals surface area contributed by atoms with Crippen molar-refractivity contribution in [2.75, 3.05) is 11.9 Å². The van der Waals surface area contributed by atoms with Gasteiger partial charge >= 0.3 is 0 Å². The summed E-state index contributed by atoms with van der Waals surface area (Å²) in [5, 5.41) is 12.1. The lowest BCUT2D eigenvalue weighted by atomic mass is 10.0. The second-order valence-corrected chi connectivity index (χ2v) is 6.51. The van der Waals surface area contributed by atoms with Gasteiger partial charge in [0, 0.05) is 17.5 Å². The number of imidazole rings is 1. The fourth-order valence-electron chi connectivity index (χ4n) is 2.63. The number of fused-ring (bicyclic) bond motifs is 1. The van der Waals surface area contributed by atoms with Gasteiger partial charge in [-0.25, -0.2) is 4.98 Å². The molecule has 1 amide bonds. The van der Waals surface area contributed by atoms with Gasteiger partial charge < -0.3 is 5.11 Å². The van der Waals surface area contributed by atoms with Crippen molar-refractivity contribution in [1.29, 1.82) is 0 Å². The number of hydrogen-bond donors (Lipinski definition) is 3. The molecule has 0 saturated heterocycles. The van der Waals surface area contributed by atoms with Crippen molar-refractivity contribution >= 4 is 29.2 Å². The van der Waals surface area contributed by atoms with E-state index in [-0.39, 0.29) is 35.3 Å². The smallest absolute Gasteiger partial charge is 0.280 e. The number of amides is 1. The van der Waals surface area contributed by atoms with E-state index in [4.69, 9.17) is 0 Å². The predicted octanol–water partition coefficient (Wildman–Crippen LogP) is 1.35. The molecule has 3 N–H and O–H groups in total. The van der Waals surface area contributed by atoms with Gasteiger partial charge in [0.15, 0.2) is 11.2 Å². The maximum absolute atomic E-state index is 12.1. The summed E-state index contributed by atoms with van der Waals surface area (Å²) < 4.78 is 1.66. The van der Waals surface area contributed by atoms with E-state index in [1.807, 2.05) is 13.1 Å². The fourth-order valence-corrected chi connectivity index (χ4v) is 2.63. The van der Waals surface area contributed by atoms with Crippen LogP contribution >= 0.6 is 0 Å². The number of carbonyl (C=O) groups excluding carboxylic acids is 1. The Labute approximate surface area is 138 Å². The van der Waals surface area contributed by atoms with Crippen LogP contribution in [0.3, 0.4) is 0 Å². The Balaban J connectivity index is 1.99. The number of hydrogen-bond acceptors (Lipinski definition) is 5. The molecule has 0 spiro atoms. The lowest BCUT2D eigenvalue weighted by Gasteiger charge is -2.07. The topological polar surface area (TPSA) is 113 Å². The number of H-pyrrole nitrogens is 1. The first-order valence-corrected chi connectivity index (χ1v) is 8.00. The Bertz CT molecular complexity index is 873. The summed E-state index contributed by atoms with van der Waals surface area (Å²) in [5.41, 5.74) is 1.12. The van der Waals surface area contributed by atoms with Crippen molar-refractivity contribution in [3.8, 4) is 0 Å². The zero-order valence-corrected chi connectivity index (χ0v) is 14.0. The Kier molecular flexibility index (Phi) is 4.00. The minimum Gasteiger partial charge on any atom is -0.395 e. The first kappa shape index (κ1) is 16.4. The van der Waals surface area contributed by atoms with Crippen LogP contribution in [0.1, 0.15) is 33.6 Å². The predicted molar refractivity (Wildman–Crippen MR) is 90.3 cm³/mol. The number of nitrogens with zero attached hydrogens (tertiary/aromatic N) is 3. The standard InChI is InChI=1S/C16H21N5O3/c1-4-16(7-22)5-10(16)6-21-8-17-11-12(21)18-15(20-14(11)24)19-13(23)9(2)3/h6,8-9,22H,4-5,7H2,1-3H3,(H2,18,19,20,23,24)/b10-6-. The van der Waals surface area contributed by atoms with Crippen LogP contribution in [0, 0.1) is 11.3 Å². The highest BCUT2D eigenvalue weighted by molar-refractivity contribution is 5.91. The number of aliphatic hydroxyl groups excluding tert-OH is 1. The van der Waals surface area contributed by atoms with E-state index < -0.39 is 5.56 Å². The molecule has 1 unspecified atom stereocenters. The van der Waals surface area contributed by atoms with Crippen LogP contribution < -0.4 is 10.9 Å². The summed E-state index contributed by atoms with van der Waals surface area (Å²) in [6, 6.07) is 0. The van der Waals surface area contributed by atoms with E-state index in [0.29, 0.717) is 5.65 Å². The van der Waals surface area contributed by atoms with Crippen molar-refractivity contribution in [3.63, 3.8) is 0 Å². The summed E-state index contributed by atoms with van der Waals surface area (Å²) in [7, 11) is 0. The highest BCUT2D eigenvalue weighted by atomic mass is 16.3. The van der Waals surface area contributed by atoms with Crippen molar-refractivity contribution in [2.24, 2.45) is 11.3 Å². The van der Waals surface area contributed by atoms with Crippen LogP contribution in [0.15, 0.2) is 16.7 Å². The molecule has 1 aliphatic rings. The van der Waals surface area contributed by atoms with Gasteiger partial charge in [0.05, 0.1) is 6.61 Å². The van der Waals surface area contributed by atoms with Gasteiger partial charge in [0.1, 0.15) is 6.33 Å². The summed E-state index contributed by atoms with van der Waals surface area (Å²) in [6.07, 6.45) is 5.05. The first-order valence-electron chi connectivity index (χ1n) is 8.00. The monoisotopic (exact) mass is 331 g/mol. The van der Waals surface area contributed by atoms with Crippen LogP contribution in [-0.4, -0.2) is 37.1 Å². The molecule has 8 heteroatoms.